The highest BCUT2D eigenvalue weighted by molar-refractivity contribution is 7.13. The van der Waals surface area contributed by atoms with Gasteiger partial charge in [0.15, 0.2) is 0 Å². The maximum Gasteiger partial charge on any atom is 0.0273 e. The number of aryl methyl sites for hydroxylation is 4. The minimum atomic E-state index is 1.29. The van der Waals surface area contributed by atoms with Gasteiger partial charge in [-0.15, -0.1) is 22.7 Å². The molecule has 2 aromatic heterocycles. The van der Waals surface area contributed by atoms with Crippen LogP contribution < -0.4 is 0 Å². The maximum absolute atomic E-state index is 2.28. The highest BCUT2D eigenvalue weighted by atomic mass is 32.1. The molecule has 2 heterocycles. The van der Waals surface area contributed by atoms with Gasteiger partial charge in [-0.25, -0.2) is 0 Å². The second-order valence-corrected chi connectivity index (χ2v) is 8.77. The molecule has 24 heavy (non-hydrogen) atoms. The van der Waals surface area contributed by atoms with E-state index in [1.54, 1.807) is 0 Å². The van der Waals surface area contributed by atoms with E-state index < -0.39 is 0 Å². The second kappa shape index (κ2) is 7.33. The van der Waals surface area contributed by atoms with Gasteiger partial charge in [-0.3, -0.25) is 0 Å². The van der Waals surface area contributed by atoms with Crippen molar-refractivity contribution in [2.75, 3.05) is 0 Å². The number of hydrogen-bond donors (Lipinski definition) is 0. The van der Waals surface area contributed by atoms with Gasteiger partial charge in [-0.05, 0) is 86.4 Å². The van der Waals surface area contributed by atoms with Crippen molar-refractivity contribution >= 4 is 47.0 Å². The molecule has 0 aliphatic carbocycles. The minimum Gasteiger partial charge on any atom is -0.141 e. The smallest absolute Gasteiger partial charge is 0.0273 e. The van der Waals surface area contributed by atoms with Crippen molar-refractivity contribution in [3.05, 3.63) is 78.2 Å². The highest BCUT2D eigenvalue weighted by Crippen LogP contribution is 2.24. The summed E-state index contributed by atoms with van der Waals surface area (Å²) in [7, 11) is 0. The van der Waals surface area contributed by atoms with Crippen molar-refractivity contribution in [1.29, 1.82) is 0 Å². The van der Waals surface area contributed by atoms with Gasteiger partial charge >= 0.3 is 0 Å². The fourth-order valence-electron chi connectivity index (χ4n) is 2.65. The third-order valence-corrected chi connectivity index (χ3v) is 5.96. The van der Waals surface area contributed by atoms with Crippen LogP contribution in [0.15, 0.2) is 36.4 Å². The number of thiophene rings is 2. The van der Waals surface area contributed by atoms with E-state index in [9.17, 15) is 0 Å². The first kappa shape index (κ1) is 16.9. The van der Waals surface area contributed by atoms with Crippen LogP contribution in [0.5, 0.6) is 0 Å². The molecule has 122 valence electrons. The lowest BCUT2D eigenvalue weighted by molar-refractivity contribution is 1.36. The first-order chi connectivity index (χ1) is 11.5. The molecular weight excluding hydrogens is 328 g/mol. The molecule has 0 unspecified atom stereocenters. The zero-order chi connectivity index (χ0) is 17.1. The molecule has 0 saturated heterocycles. The molecule has 0 bridgehead atoms. The summed E-state index contributed by atoms with van der Waals surface area (Å²) < 4.78 is 0. The zero-order valence-electron chi connectivity index (χ0n) is 14.6. The molecule has 0 amide bonds. The average molecular weight is 351 g/mol. The predicted octanol–water partition coefficient (Wildman–Crippen LogP) is 7.38. The van der Waals surface area contributed by atoms with Crippen LogP contribution in [-0.4, -0.2) is 0 Å². The van der Waals surface area contributed by atoms with Crippen LogP contribution >= 0.6 is 22.7 Å². The number of hydrogen-bond acceptors (Lipinski definition) is 2. The molecule has 3 rings (SSSR count). The number of benzene rings is 1. The SMILES string of the molecule is Cc1ccc(/C=C/c2cc(C)c(/C=C/c3ccc(C)s3)cc2C)s1. The van der Waals surface area contributed by atoms with Crippen LogP contribution in [0.25, 0.3) is 24.3 Å². The largest absolute Gasteiger partial charge is 0.141 e. The van der Waals surface area contributed by atoms with E-state index in [1.165, 1.54) is 41.8 Å². The summed E-state index contributed by atoms with van der Waals surface area (Å²) in [6.07, 6.45) is 8.88. The average Bonchev–Trinajstić information content (AvgIpc) is 3.14. The Balaban J connectivity index is 1.83. The topological polar surface area (TPSA) is 0 Å². The van der Waals surface area contributed by atoms with Crippen molar-refractivity contribution in [1.82, 2.24) is 0 Å². The van der Waals surface area contributed by atoms with Crippen LogP contribution in [0, 0.1) is 27.7 Å². The van der Waals surface area contributed by atoms with E-state index in [0.717, 1.165) is 0 Å². The molecule has 0 aliphatic heterocycles. The van der Waals surface area contributed by atoms with Crippen molar-refractivity contribution in [3.63, 3.8) is 0 Å². The van der Waals surface area contributed by atoms with Crippen LogP contribution in [-0.2, 0) is 0 Å². The molecule has 0 saturated carbocycles. The van der Waals surface area contributed by atoms with Gasteiger partial charge in [0.1, 0.15) is 0 Å². The Hall–Kier alpha value is -1.90. The summed E-state index contributed by atoms with van der Waals surface area (Å²) >= 11 is 3.66. The Kier molecular flexibility index (Phi) is 5.17. The van der Waals surface area contributed by atoms with Gasteiger partial charge < -0.3 is 0 Å². The molecule has 0 spiro atoms. The van der Waals surface area contributed by atoms with Crippen molar-refractivity contribution in [2.45, 2.75) is 27.7 Å². The van der Waals surface area contributed by atoms with Crippen molar-refractivity contribution < 1.29 is 0 Å². The van der Waals surface area contributed by atoms with Crippen LogP contribution in [0.3, 0.4) is 0 Å². The fourth-order valence-corrected chi connectivity index (χ4v) is 4.21. The minimum absolute atomic E-state index is 1.29. The van der Waals surface area contributed by atoms with E-state index in [2.05, 4.69) is 88.4 Å². The van der Waals surface area contributed by atoms with Crippen LogP contribution in [0.2, 0.25) is 0 Å². The Bertz CT molecular complexity index is 828. The van der Waals surface area contributed by atoms with Gasteiger partial charge in [0.2, 0.25) is 0 Å². The molecule has 0 aliphatic rings. The molecule has 0 fully saturated rings. The van der Waals surface area contributed by atoms with Crippen molar-refractivity contribution in [2.24, 2.45) is 0 Å². The summed E-state index contributed by atoms with van der Waals surface area (Å²) in [6, 6.07) is 13.3. The Morgan fingerprint density at radius 3 is 1.33 bits per heavy atom. The molecule has 1 aromatic carbocycles. The van der Waals surface area contributed by atoms with E-state index in [-0.39, 0.29) is 0 Å². The summed E-state index contributed by atoms with van der Waals surface area (Å²) in [6.45, 7) is 8.66. The van der Waals surface area contributed by atoms with Gasteiger partial charge in [-0.2, -0.15) is 0 Å². The van der Waals surface area contributed by atoms with Crippen LogP contribution in [0.4, 0.5) is 0 Å². The summed E-state index contributed by atoms with van der Waals surface area (Å²) in [4.78, 5) is 5.32. The first-order valence-corrected chi connectivity index (χ1v) is 9.75. The first-order valence-electron chi connectivity index (χ1n) is 8.11. The van der Waals surface area contributed by atoms with E-state index in [0.29, 0.717) is 0 Å². The highest BCUT2D eigenvalue weighted by Gasteiger charge is 2.01. The van der Waals surface area contributed by atoms with Crippen molar-refractivity contribution in [3.8, 4) is 0 Å². The summed E-state index contributed by atoms with van der Waals surface area (Å²) in [5.41, 5.74) is 5.21. The molecule has 3 aromatic rings. The monoisotopic (exact) mass is 350 g/mol. The Morgan fingerprint density at radius 2 is 1.00 bits per heavy atom. The second-order valence-electron chi connectivity index (χ2n) is 6.13. The third kappa shape index (κ3) is 4.14. The molecule has 0 atom stereocenters. The van der Waals surface area contributed by atoms with Gasteiger partial charge in [0.25, 0.3) is 0 Å². The van der Waals surface area contributed by atoms with E-state index >= 15 is 0 Å². The third-order valence-electron chi connectivity index (χ3n) is 4.03. The van der Waals surface area contributed by atoms with Gasteiger partial charge in [0.05, 0.1) is 0 Å². The van der Waals surface area contributed by atoms with E-state index in [1.807, 2.05) is 22.7 Å². The standard InChI is InChI=1S/C22H22S2/c1-15-13-20(8-12-22-10-6-18(4)24-22)16(2)14-19(15)7-11-21-9-5-17(3)23-21/h5-14H,1-4H3/b11-7+,12-8+. The molecule has 2 heteroatoms. The Morgan fingerprint density at radius 1 is 0.583 bits per heavy atom. The Labute approximate surface area is 152 Å². The lowest BCUT2D eigenvalue weighted by atomic mass is 9.99. The quantitative estimate of drug-likeness (QED) is 0.460. The normalized spacial score (nSPS) is 11.8. The molecular formula is C22H22S2. The fraction of sp³-hybridized carbons (Fsp3) is 0.182. The predicted molar refractivity (Wildman–Crippen MR) is 112 cm³/mol. The molecule has 0 radical (unpaired) electrons. The van der Waals surface area contributed by atoms with Gasteiger partial charge in [0, 0.05) is 19.5 Å². The van der Waals surface area contributed by atoms with E-state index in [4.69, 9.17) is 0 Å². The summed E-state index contributed by atoms with van der Waals surface area (Å²) in [5, 5.41) is 0. The number of rotatable bonds is 4. The maximum atomic E-state index is 2.28. The van der Waals surface area contributed by atoms with Crippen LogP contribution in [0.1, 0.15) is 41.8 Å². The molecule has 0 nitrogen and oxygen atoms in total. The summed E-state index contributed by atoms with van der Waals surface area (Å²) in [5.74, 6) is 0. The lowest BCUT2D eigenvalue weighted by Gasteiger charge is -2.07. The zero-order valence-corrected chi connectivity index (χ0v) is 16.2. The lowest BCUT2D eigenvalue weighted by Crippen LogP contribution is -1.87. The van der Waals surface area contributed by atoms with Gasteiger partial charge in [-0.1, -0.05) is 24.3 Å². The molecule has 0 N–H and O–H groups in total.